The van der Waals surface area contributed by atoms with Gasteiger partial charge in [0.15, 0.2) is 0 Å². The highest BCUT2D eigenvalue weighted by molar-refractivity contribution is 5.98. The summed E-state index contributed by atoms with van der Waals surface area (Å²) in [5, 5.41) is 0. The van der Waals surface area contributed by atoms with Gasteiger partial charge in [-0.1, -0.05) is 13.8 Å². The maximum atomic E-state index is 12.1. The predicted octanol–water partition coefficient (Wildman–Crippen LogP) is 1.95. The zero-order chi connectivity index (χ0) is 14.9. The Morgan fingerprint density at radius 3 is 2.40 bits per heavy atom. The second kappa shape index (κ2) is 5.15. The van der Waals surface area contributed by atoms with Crippen molar-refractivity contribution in [3.63, 3.8) is 0 Å². The highest BCUT2D eigenvalue weighted by atomic mass is 16.5. The molecule has 5 nitrogen and oxygen atoms in total. The smallest absolute Gasteiger partial charge is 0.230 e. The van der Waals surface area contributed by atoms with Crippen molar-refractivity contribution in [3.8, 4) is 5.75 Å². The van der Waals surface area contributed by atoms with E-state index in [9.17, 15) is 9.59 Å². The van der Waals surface area contributed by atoms with Crippen LogP contribution in [0, 0.1) is 5.41 Å². The Hall–Kier alpha value is -2.04. The van der Waals surface area contributed by atoms with Crippen LogP contribution in [0.3, 0.4) is 0 Å². The number of carbonyl (C=O) groups excluding carboxylic acids is 2. The van der Waals surface area contributed by atoms with Gasteiger partial charge in [-0.05, 0) is 23.6 Å². The molecule has 0 saturated carbocycles. The van der Waals surface area contributed by atoms with Crippen LogP contribution in [0.15, 0.2) is 18.2 Å². The topological polar surface area (TPSA) is 72.6 Å². The number of anilines is 1. The number of nitrogens with two attached hydrogens (primary N) is 1. The van der Waals surface area contributed by atoms with Crippen molar-refractivity contribution >= 4 is 17.5 Å². The van der Waals surface area contributed by atoms with E-state index in [0.29, 0.717) is 24.3 Å². The molecule has 1 aliphatic heterocycles. The summed E-state index contributed by atoms with van der Waals surface area (Å²) in [6, 6.07) is 5.21. The van der Waals surface area contributed by atoms with E-state index in [0.717, 1.165) is 5.56 Å². The number of rotatable bonds is 3. The van der Waals surface area contributed by atoms with Gasteiger partial charge in [0.25, 0.3) is 0 Å². The van der Waals surface area contributed by atoms with Crippen molar-refractivity contribution in [1.29, 1.82) is 0 Å². The Morgan fingerprint density at radius 2 is 1.85 bits per heavy atom. The largest absolute Gasteiger partial charge is 0.496 e. The van der Waals surface area contributed by atoms with Gasteiger partial charge >= 0.3 is 0 Å². The molecule has 20 heavy (non-hydrogen) atoms. The molecule has 0 radical (unpaired) electrons. The Bertz CT molecular complexity index is 532. The van der Waals surface area contributed by atoms with Crippen molar-refractivity contribution in [2.45, 2.75) is 33.2 Å². The molecule has 108 valence electrons. The molecular formula is C15H20N2O3. The Labute approximate surface area is 118 Å². The molecule has 1 aromatic carbocycles. The Kier molecular flexibility index (Phi) is 3.70. The van der Waals surface area contributed by atoms with Crippen molar-refractivity contribution in [3.05, 3.63) is 23.8 Å². The molecular weight excluding hydrogens is 256 g/mol. The van der Waals surface area contributed by atoms with E-state index in [1.807, 2.05) is 13.8 Å². The standard InChI is InChI=1S/C15H20N2O3/c1-15(2)7-13(18)17(14(19)8-15)9-10-6-11(16)4-5-12(10)20-3/h4-6H,7-9,16H2,1-3H3. The van der Waals surface area contributed by atoms with E-state index in [1.165, 1.54) is 4.90 Å². The molecule has 0 bridgehead atoms. The van der Waals surface area contributed by atoms with Gasteiger partial charge in [0.1, 0.15) is 5.75 Å². The summed E-state index contributed by atoms with van der Waals surface area (Å²) in [5.41, 5.74) is 6.82. The summed E-state index contributed by atoms with van der Waals surface area (Å²) in [5.74, 6) is 0.344. The van der Waals surface area contributed by atoms with E-state index in [4.69, 9.17) is 10.5 Å². The number of benzene rings is 1. The summed E-state index contributed by atoms with van der Waals surface area (Å²) in [6.45, 7) is 4.07. The molecule has 1 aromatic rings. The number of nitrogens with zero attached hydrogens (tertiary/aromatic N) is 1. The fraction of sp³-hybridized carbons (Fsp3) is 0.467. The molecule has 1 saturated heterocycles. The van der Waals surface area contributed by atoms with Gasteiger partial charge in [-0.15, -0.1) is 0 Å². The number of likely N-dealkylation sites (tertiary alicyclic amines) is 1. The van der Waals surface area contributed by atoms with Gasteiger partial charge in [-0.2, -0.15) is 0 Å². The van der Waals surface area contributed by atoms with Crippen LogP contribution in [-0.2, 0) is 16.1 Å². The summed E-state index contributed by atoms with van der Waals surface area (Å²) in [6.07, 6.45) is 0.757. The van der Waals surface area contributed by atoms with Gasteiger partial charge in [-0.25, -0.2) is 0 Å². The zero-order valence-electron chi connectivity index (χ0n) is 12.1. The first kappa shape index (κ1) is 14.4. The fourth-order valence-electron chi connectivity index (χ4n) is 2.48. The third-order valence-corrected chi connectivity index (χ3v) is 3.49. The van der Waals surface area contributed by atoms with E-state index in [-0.39, 0.29) is 23.8 Å². The average molecular weight is 276 g/mol. The minimum Gasteiger partial charge on any atom is -0.496 e. The number of carbonyl (C=O) groups is 2. The summed E-state index contributed by atoms with van der Waals surface area (Å²) in [7, 11) is 1.55. The van der Waals surface area contributed by atoms with Crippen molar-refractivity contribution in [2.75, 3.05) is 12.8 Å². The van der Waals surface area contributed by atoms with Gasteiger partial charge in [0.2, 0.25) is 11.8 Å². The van der Waals surface area contributed by atoms with Crippen molar-refractivity contribution in [1.82, 2.24) is 4.90 Å². The molecule has 0 spiro atoms. The second-order valence-electron chi connectivity index (χ2n) is 5.96. The SMILES string of the molecule is COc1ccc(N)cc1CN1C(=O)CC(C)(C)CC1=O. The Balaban J connectivity index is 2.24. The van der Waals surface area contributed by atoms with Crippen LogP contribution in [0.2, 0.25) is 0 Å². The minimum absolute atomic E-state index is 0.143. The van der Waals surface area contributed by atoms with Crippen LogP contribution < -0.4 is 10.5 Å². The lowest BCUT2D eigenvalue weighted by Crippen LogP contribution is -2.45. The number of hydrogen-bond donors (Lipinski definition) is 1. The van der Waals surface area contributed by atoms with Crippen molar-refractivity contribution in [2.24, 2.45) is 5.41 Å². The van der Waals surface area contributed by atoms with Crippen LogP contribution in [-0.4, -0.2) is 23.8 Å². The van der Waals surface area contributed by atoms with Gasteiger partial charge < -0.3 is 10.5 Å². The van der Waals surface area contributed by atoms with Crippen LogP contribution in [0.4, 0.5) is 5.69 Å². The molecule has 0 aromatic heterocycles. The zero-order valence-corrected chi connectivity index (χ0v) is 12.1. The number of methoxy groups -OCH3 is 1. The molecule has 2 amide bonds. The normalized spacial score (nSPS) is 18.2. The lowest BCUT2D eigenvalue weighted by Gasteiger charge is -2.34. The second-order valence-corrected chi connectivity index (χ2v) is 5.96. The molecule has 0 atom stereocenters. The number of ether oxygens (including phenoxy) is 1. The number of hydrogen-bond acceptors (Lipinski definition) is 4. The predicted molar refractivity (Wildman–Crippen MR) is 76.0 cm³/mol. The quantitative estimate of drug-likeness (QED) is 0.676. The minimum atomic E-state index is -0.259. The average Bonchev–Trinajstić information content (AvgIpc) is 2.33. The van der Waals surface area contributed by atoms with E-state index in [1.54, 1.807) is 25.3 Å². The first-order valence-electron chi connectivity index (χ1n) is 6.58. The van der Waals surface area contributed by atoms with Crippen LogP contribution in [0.5, 0.6) is 5.75 Å². The third kappa shape index (κ3) is 2.92. The fourth-order valence-corrected chi connectivity index (χ4v) is 2.48. The number of imide groups is 1. The molecule has 1 fully saturated rings. The first-order valence-corrected chi connectivity index (χ1v) is 6.58. The van der Waals surface area contributed by atoms with E-state index >= 15 is 0 Å². The summed E-state index contributed by atoms with van der Waals surface area (Å²) < 4.78 is 5.25. The summed E-state index contributed by atoms with van der Waals surface area (Å²) >= 11 is 0. The highest BCUT2D eigenvalue weighted by Gasteiger charge is 2.37. The maximum absolute atomic E-state index is 12.1. The third-order valence-electron chi connectivity index (χ3n) is 3.49. The molecule has 1 heterocycles. The number of piperidine rings is 1. The first-order chi connectivity index (χ1) is 9.32. The molecule has 2 N–H and O–H groups in total. The lowest BCUT2D eigenvalue weighted by molar-refractivity contribution is -0.153. The van der Waals surface area contributed by atoms with E-state index in [2.05, 4.69) is 0 Å². The molecule has 0 aliphatic carbocycles. The van der Waals surface area contributed by atoms with Gasteiger partial charge in [-0.3, -0.25) is 14.5 Å². The van der Waals surface area contributed by atoms with Gasteiger partial charge in [0, 0.05) is 24.1 Å². The van der Waals surface area contributed by atoms with Crippen LogP contribution in [0.25, 0.3) is 0 Å². The Morgan fingerprint density at radius 1 is 1.25 bits per heavy atom. The molecule has 1 aliphatic rings. The maximum Gasteiger partial charge on any atom is 0.230 e. The highest BCUT2D eigenvalue weighted by Crippen LogP contribution is 2.33. The summed E-state index contributed by atoms with van der Waals surface area (Å²) in [4.78, 5) is 25.6. The van der Waals surface area contributed by atoms with Gasteiger partial charge in [0.05, 0.1) is 13.7 Å². The lowest BCUT2D eigenvalue weighted by atomic mass is 9.81. The molecule has 5 heteroatoms. The number of amides is 2. The van der Waals surface area contributed by atoms with E-state index < -0.39 is 0 Å². The number of nitrogen functional groups attached to an aromatic ring is 1. The van der Waals surface area contributed by atoms with Crippen LogP contribution in [0.1, 0.15) is 32.3 Å². The van der Waals surface area contributed by atoms with Crippen molar-refractivity contribution < 1.29 is 14.3 Å². The molecule has 2 rings (SSSR count). The monoisotopic (exact) mass is 276 g/mol. The van der Waals surface area contributed by atoms with Crippen LogP contribution >= 0.6 is 0 Å². The molecule has 0 unspecified atom stereocenters.